The van der Waals surface area contributed by atoms with Gasteiger partial charge >= 0.3 is 0 Å². The fraction of sp³-hybridized carbons (Fsp3) is 0.962. The molecule has 0 radical (unpaired) electrons. The maximum Gasteiger partial charge on any atom is 0.220 e. The van der Waals surface area contributed by atoms with Gasteiger partial charge in [-0.05, 0) is 12.8 Å². The molecule has 1 saturated heterocycles. The summed E-state index contributed by atoms with van der Waals surface area (Å²) in [6, 6.07) is -0.997. The van der Waals surface area contributed by atoms with Crippen LogP contribution in [0.15, 0.2) is 0 Å². The van der Waals surface area contributed by atoms with Crippen LogP contribution in [0, 0.1) is 0 Å². The van der Waals surface area contributed by atoms with Gasteiger partial charge in [-0.2, -0.15) is 0 Å². The van der Waals surface area contributed by atoms with E-state index in [1.807, 2.05) is 0 Å². The molecule has 11 nitrogen and oxygen atoms in total. The minimum absolute atomic E-state index is 0.111. The van der Waals surface area contributed by atoms with E-state index in [2.05, 4.69) is 24.5 Å². The SMILES string of the molecule is CCCCCCCCCCCCCCCCCCCCCCCCCC(=O)N[C@@H](COC1OC(CNC(C)=O)C(O)C(O)C1O)C(O)[C@H](O)CCCCCCCCCCCCCC. The second-order valence-corrected chi connectivity index (χ2v) is 19.2. The molecule has 0 aromatic rings. The van der Waals surface area contributed by atoms with Crippen molar-refractivity contribution in [3.8, 4) is 0 Å². The Kier molecular flexibility index (Phi) is 39.8. The van der Waals surface area contributed by atoms with E-state index >= 15 is 0 Å². The molecule has 374 valence electrons. The van der Waals surface area contributed by atoms with Gasteiger partial charge in [-0.25, -0.2) is 0 Å². The van der Waals surface area contributed by atoms with E-state index in [0.29, 0.717) is 6.42 Å². The lowest BCUT2D eigenvalue weighted by molar-refractivity contribution is -0.297. The Balaban J connectivity index is 2.35. The number of carbonyl (C=O) groups is 2. The predicted octanol–water partition coefficient (Wildman–Crippen LogP) is 10.6. The molecular formula is C52H102N2O9. The van der Waals surface area contributed by atoms with Gasteiger partial charge < -0.3 is 45.6 Å². The van der Waals surface area contributed by atoms with E-state index in [-0.39, 0.29) is 31.4 Å². The molecule has 0 bridgehead atoms. The van der Waals surface area contributed by atoms with Crippen LogP contribution >= 0.6 is 0 Å². The number of aliphatic hydroxyl groups is 5. The highest BCUT2D eigenvalue weighted by molar-refractivity contribution is 5.76. The van der Waals surface area contributed by atoms with Crippen molar-refractivity contribution >= 4 is 11.8 Å². The van der Waals surface area contributed by atoms with Gasteiger partial charge in [0.15, 0.2) is 6.29 Å². The van der Waals surface area contributed by atoms with Crippen molar-refractivity contribution in [1.82, 2.24) is 10.6 Å². The van der Waals surface area contributed by atoms with Crippen LogP contribution in [0.25, 0.3) is 0 Å². The van der Waals surface area contributed by atoms with Crippen LogP contribution in [0.4, 0.5) is 0 Å². The maximum atomic E-state index is 13.1. The summed E-state index contributed by atoms with van der Waals surface area (Å²) in [6.45, 7) is 5.42. The Labute approximate surface area is 386 Å². The molecule has 1 aliphatic heterocycles. The average molecular weight is 899 g/mol. The van der Waals surface area contributed by atoms with Crippen LogP contribution in [0.5, 0.6) is 0 Å². The molecule has 63 heavy (non-hydrogen) atoms. The number of hydrogen-bond acceptors (Lipinski definition) is 9. The summed E-state index contributed by atoms with van der Waals surface area (Å²) in [5, 5.41) is 59.2. The van der Waals surface area contributed by atoms with E-state index in [1.165, 1.54) is 180 Å². The number of amides is 2. The molecule has 2 amide bonds. The summed E-state index contributed by atoms with van der Waals surface area (Å²) in [5.74, 6) is -0.606. The number of ether oxygens (including phenoxy) is 2. The molecule has 11 heteroatoms. The summed E-state index contributed by atoms with van der Waals surface area (Å²) >= 11 is 0. The highest BCUT2D eigenvalue weighted by Crippen LogP contribution is 2.23. The lowest BCUT2D eigenvalue weighted by Crippen LogP contribution is -2.61. The van der Waals surface area contributed by atoms with Gasteiger partial charge in [0.25, 0.3) is 0 Å². The number of aliphatic hydroxyl groups excluding tert-OH is 5. The average Bonchev–Trinajstić information content (AvgIpc) is 3.27. The minimum atomic E-state index is -1.61. The highest BCUT2D eigenvalue weighted by Gasteiger charge is 2.45. The number of unbranched alkanes of at least 4 members (excludes halogenated alkanes) is 33. The predicted molar refractivity (Wildman–Crippen MR) is 257 cm³/mol. The molecule has 1 heterocycles. The van der Waals surface area contributed by atoms with Gasteiger partial charge in [-0.3, -0.25) is 9.59 Å². The fourth-order valence-corrected chi connectivity index (χ4v) is 8.87. The van der Waals surface area contributed by atoms with E-state index < -0.39 is 49.0 Å². The van der Waals surface area contributed by atoms with E-state index in [9.17, 15) is 35.1 Å². The molecule has 0 aromatic heterocycles. The summed E-state index contributed by atoms with van der Waals surface area (Å²) in [7, 11) is 0. The topological polar surface area (TPSA) is 178 Å². The zero-order chi connectivity index (χ0) is 46.2. The molecule has 8 atom stereocenters. The molecular weight excluding hydrogens is 797 g/mol. The third-order valence-electron chi connectivity index (χ3n) is 13.2. The third-order valence-corrected chi connectivity index (χ3v) is 13.2. The van der Waals surface area contributed by atoms with Gasteiger partial charge in [0, 0.05) is 19.9 Å². The van der Waals surface area contributed by atoms with Crippen LogP contribution in [0.2, 0.25) is 0 Å². The second-order valence-electron chi connectivity index (χ2n) is 19.2. The van der Waals surface area contributed by atoms with Gasteiger partial charge in [0.1, 0.15) is 30.5 Å². The number of hydrogen-bond donors (Lipinski definition) is 7. The Hall–Kier alpha value is -1.34. The zero-order valence-corrected chi connectivity index (χ0v) is 41.1. The number of carbonyl (C=O) groups excluding carboxylic acids is 2. The molecule has 1 aliphatic rings. The largest absolute Gasteiger partial charge is 0.390 e. The molecule has 0 aromatic carbocycles. The molecule has 7 N–H and O–H groups in total. The molecule has 1 rings (SSSR count). The zero-order valence-electron chi connectivity index (χ0n) is 41.1. The Morgan fingerprint density at radius 3 is 1.27 bits per heavy atom. The maximum absolute atomic E-state index is 13.1. The summed E-state index contributed by atoms with van der Waals surface area (Å²) < 4.78 is 11.5. The molecule has 1 fully saturated rings. The lowest BCUT2D eigenvalue weighted by Gasteiger charge is -2.41. The lowest BCUT2D eigenvalue weighted by atomic mass is 9.98. The van der Waals surface area contributed by atoms with E-state index in [4.69, 9.17) is 9.47 Å². The van der Waals surface area contributed by atoms with Crippen LogP contribution in [0.3, 0.4) is 0 Å². The second kappa shape index (κ2) is 42.0. The quantitative estimate of drug-likeness (QED) is 0.0293. The van der Waals surface area contributed by atoms with Crippen LogP contribution in [0.1, 0.15) is 258 Å². The monoisotopic (exact) mass is 899 g/mol. The van der Waals surface area contributed by atoms with Crippen molar-refractivity contribution in [1.29, 1.82) is 0 Å². The van der Waals surface area contributed by atoms with Crippen LogP contribution in [-0.2, 0) is 19.1 Å². The Bertz CT molecular complexity index is 1040. The smallest absolute Gasteiger partial charge is 0.220 e. The van der Waals surface area contributed by atoms with Crippen LogP contribution < -0.4 is 10.6 Å². The molecule has 0 saturated carbocycles. The van der Waals surface area contributed by atoms with Crippen molar-refractivity contribution in [2.45, 2.75) is 307 Å². The molecule has 0 spiro atoms. The summed E-state index contributed by atoms with van der Waals surface area (Å²) in [4.78, 5) is 24.6. The highest BCUT2D eigenvalue weighted by atomic mass is 16.7. The molecule has 0 aliphatic carbocycles. The normalized spacial score (nSPS) is 20.4. The first-order valence-electron chi connectivity index (χ1n) is 26.8. The van der Waals surface area contributed by atoms with E-state index in [0.717, 1.165) is 51.4 Å². The van der Waals surface area contributed by atoms with Crippen molar-refractivity contribution < 1.29 is 44.6 Å². The van der Waals surface area contributed by atoms with Gasteiger partial charge in [0.2, 0.25) is 11.8 Å². The van der Waals surface area contributed by atoms with Gasteiger partial charge in [0.05, 0.1) is 18.8 Å². The van der Waals surface area contributed by atoms with Crippen LogP contribution in [-0.4, -0.2) is 99.5 Å². The minimum Gasteiger partial charge on any atom is -0.390 e. The first-order chi connectivity index (χ1) is 30.6. The van der Waals surface area contributed by atoms with Crippen molar-refractivity contribution in [2.24, 2.45) is 0 Å². The molecule has 6 unspecified atom stereocenters. The van der Waals surface area contributed by atoms with E-state index in [1.54, 1.807) is 0 Å². The first kappa shape index (κ1) is 59.7. The number of rotatable bonds is 45. The van der Waals surface area contributed by atoms with Gasteiger partial charge in [-0.15, -0.1) is 0 Å². The Morgan fingerprint density at radius 2 is 0.889 bits per heavy atom. The first-order valence-corrected chi connectivity index (χ1v) is 26.8. The Morgan fingerprint density at radius 1 is 0.524 bits per heavy atom. The number of nitrogens with one attached hydrogen (secondary N) is 2. The van der Waals surface area contributed by atoms with Gasteiger partial charge in [-0.1, -0.05) is 232 Å². The van der Waals surface area contributed by atoms with Crippen molar-refractivity contribution in [2.75, 3.05) is 13.2 Å². The fourth-order valence-electron chi connectivity index (χ4n) is 8.87. The third kappa shape index (κ3) is 32.9. The summed E-state index contributed by atoms with van der Waals surface area (Å²) in [5.41, 5.74) is 0. The summed E-state index contributed by atoms with van der Waals surface area (Å²) in [6.07, 6.45) is 35.4. The van der Waals surface area contributed by atoms with Crippen molar-refractivity contribution in [3.63, 3.8) is 0 Å². The standard InChI is InChI=1S/C52H102N2O9/c1-4-6-8-10-12-14-16-18-19-20-21-22-23-24-25-26-27-28-30-32-34-36-38-40-47(57)54-44(42-62-52-51(61)50(60)49(59)46(63-52)41-53-43(3)55)48(58)45(56)39-37-35-33-31-29-17-15-13-11-9-7-5-2/h44-46,48-52,56,58-61H,4-42H2,1-3H3,(H,53,55)(H,54,57)/t44-,45+,46?,48?,49?,50?,51?,52?/m0/s1. The van der Waals surface area contributed by atoms with Crippen molar-refractivity contribution in [3.05, 3.63) is 0 Å².